The van der Waals surface area contributed by atoms with Crippen LogP contribution in [-0.4, -0.2) is 45.2 Å². The molecule has 39 heavy (non-hydrogen) atoms. The minimum atomic E-state index is -0.309. The van der Waals surface area contributed by atoms with Gasteiger partial charge in [0.15, 0.2) is 0 Å². The average molecular weight is 545 g/mol. The minimum absolute atomic E-state index is 0.0973. The lowest BCUT2D eigenvalue weighted by Gasteiger charge is -2.28. The van der Waals surface area contributed by atoms with Gasteiger partial charge in [-0.15, -0.1) is 0 Å². The van der Waals surface area contributed by atoms with E-state index < -0.39 is 0 Å². The summed E-state index contributed by atoms with van der Waals surface area (Å²) in [6.07, 6.45) is 6.49. The number of benzene rings is 2. The number of rotatable bonds is 8. The van der Waals surface area contributed by atoms with Crippen LogP contribution in [0.5, 0.6) is 0 Å². The van der Waals surface area contributed by atoms with Crippen molar-refractivity contribution in [1.82, 2.24) is 9.47 Å². The number of nitro groups is 1. The van der Waals surface area contributed by atoms with Gasteiger partial charge in [-0.25, -0.2) is 0 Å². The van der Waals surface area contributed by atoms with Gasteiger partial charge in [0.05, 0.1) is 15.5 Å². The first kappa shape index (κ1) is 26.7. The maximum Gasteiger partial charge on any atom is 0.294 e. The number of nitro benzene ring substituents is 1. The minimum Gasteiger partial charge on any atom is -0.366 e. The molecule has 202 valence electrons. The average Bonchev–Trinajstić information content (AvgIpc) is 3.37. The summed E-state index contributed by atoms with van der Waals surface area (Å²) in [5.41, 5.74) is 5.18. The van der Waals surface area contributed by atoms with E-state index in [1.165, 1.54) is 10.5 Å². The predicted octanol–water partition coefficient (Wildman–Crippen LogP) is 6.66. The summed E-state index contributed by atoms with van der Waals surface area (Å²) in [5, 5.41) is 11.7. The number of carbonyl (C=O) groups excluding carboxylic acids is 2. The van der Waals surface area contributed by atoms with Crippen LogP contribution < -0.4 is 4.90 Å². The molecule has 9 heteroatoms. The number of aromatic nitrogens is 1. The molecule has 3 aromatic rings. The van der Waals surface area contributed by atoms with Crippen LogP contribution in [0.2, 0.25) is 0 Å². The van der Waals surface area contributed by atoms with Crippen molar-refractivity contribution >= 4 is 40.4 Å². The summed E-state index contributed by atoms with van der Waals surface area (Å²) in [5.74, 6) is -0.274. The molecular weight excluding hydrogens is 512 g/mol. The van der Waals surface area contributed by atoms with Crippen LogP contribution in [0.3, 0.4) is 0 Å². The van der Waals surface area contributed by atoms with E-state index in [-0.39, 0.29) is 21.8 Å². The van der Waals surface area contributed by atoms with E-state index in [4.69, 9.17) is 0 Å². The van der Waals surface area contributed by atoms with Crippen molar-refractivity contribution in [2.75, 3.05) is 24.5 Å². The molecule has 2 saturated heterocycles. The standard InChI is InChI=1S/C30H32N4O4S/c1-21-18-24(19-28-29(35)32(30(36)39-28)17-9-12-23-10-5-3-6-11-23)22(2)33(21)25-13-14-26(27(20-25)34(37)38)31-15-7-4-8-16-31/h3,5-6,10-11,13-14,18-20H,4,7-9,12,15-17H2,1-2H3/b28-19-. The second kappa shape index (κ2) is 11.5. The van der Waals surface area contributed by atoms with Crippen molar-refractivity contribution < 1.29 is 14.5 Å². The Morgan fingerprint density at radius 1 is 1.00 bits per heavy atom. The maximum atomic E-state index is 13.1. The second-order valence-electron chi connectivity index (χ2n) is 10.1. The molecule has 2 aliphatic heterocycles. The molecule has 2 fully saturated rings. The first-order chi connectivity index (χ1) is 18.8. The number of piperidine rings is 1. The molecule has 0 spiro atoms. The van der Waals surface area contributed by atoms with Crippen LogP contribution in [0.15, 0.2) is 59.5 Å². The van der Waals surface area contributed by atoms with Gasteiger partial charge in [-0.2, -0.15) is 0 Å². The van der Waals surface area contributed by atoms with Crippen LogP contribution in [0.1, 0.15) is 48.2 Å². The van der Waals surface area contributed by atoms with E-state index >= 15 is 0 Å². The van der Waals surface area contributed by atoms with E-state index in [1.54, 1.807) is 12.1 Å². The Morgan fingerprint density at radius 2 is 1.74 bits per heavy atom. The quantitative estimate of drug-likeness (QED) is 0.179. The third-order valence-electron chi connectivity index (χ3n) is 7.43. The molecule has 0 unspecified atom stereocenters. The number of aryl methyl sites for hydroxylation is 2. The second-order valence-corrected chi connectivity index (χ2v) is 11.1. The molecule has 0 N–H and O–H groups in total. The Morgan fingerprint density at radius 3 is 2.46 bits per heavy atom. The van der Waals surface area contributed by atoms with Crippen molar-refractivity contribution in [3.05, 3.63) is 92.1 Å². The lowest BCUT2D eigenvalue weighted by Crippen LogP contribution is -2.30. The molecular formula is C30H32N4O4S. The number of imide groups is 1. The van der Waals surface area contributed by atoms with Gasteiger partial charge in [0, 0.05) is 37.1 Å². The van der Waals surface area contributed by atoms with E-state index in [0.717, 1.165) is 67.5 Å². The normalized spacial score (nSPS) is 16.9. The zero-order valence-corrected chi connectivity index (χ0v) is 23.1. The molecule has 2 amide bonds. The number of nitrogens with zero attached hydrogens (tertiary/aromatic N) is 4. The fourth-order valence-corrected chi connectivity index (χ4v) is 6.31. The summed E-state index contributed by atoms with van der Waals surface area (Å²) in [6, 6.07) is 17.4. The predicted molar refractivity (Wildman–Crippen MR) is 155 cm³/mol. The Balaban J connectivity index is 1.36. The number of anilines is 1. The summed E-state index contributed by atoms with van der Waals surface area (Å²) in [7, 11) is 0. The molecule has 5 rings (SSSR count). The Kier molecular flexibility index (Phi) is 7.88. The van der Waals surface area contributed by atoms with Crippen molar-refractivity contribution in [1.29, 1.82) is 0 Å². The monoisotopic (exact) mass is 544 g/mol. The highest BCUT2D eigenvalue weighted by Gasteiger charge is 2.35. The van der Waals surface area contributed by atoms with Crippen LogP contribution >= 0.6 is 11.8 Å². The molecule has 0 saturated carbocycles. The van der Waals surface area contributed by atoms with Gasteiger partial charge in [0.1, 0.15) is 5.69 Å². The number of hydrogen-bond donors (Lipinski definition) is 0. The topological polar surface area (TPSA) is 88.7 Å². The Hall–Kier alpha value is -3.85. The van der Waals surface area contributed by atoms with Crippen LogP contribution in [-0.2, 0) is 11.2 Å². The molecule has 0 atom stereocenters. The van der Waals surface area contributed by atoms with Crippen molar-refractivity contribution in [2.45, 2.75) is 46.0 Å². The van der Waals surface area contributed by atoms with E-state index in [0.29, 0.717) is 29.2 Å². The van der Waals surface area contributed by atoms with Crippen LogP contribution in [0.4, 0.5) is 16.2 Å². The van der Waals surface area contributed by atoms with Gasteiger partial charge in [-0.1, -0.05) is 30.3 Å². The third-order valence-corrected chi connectivity index (χ3v) is 8.34. The fraction of sp³-hybridized carbons (Fsp3) is 0.333. The number of carbonyl (C=O) groups is 2. The molecule has 0 bridgehead atoms. The maximum absolute atomic E-state index is 13.1. The zero-order chi connectivity index (χ0) is 27.5. The SMILES string of the molecule is Cc1cc(/C=C2\SC(=O)N(CCCc3ccccc3)C2=O)c(C)n1-c1ccc(N2CCCCC2)c([N+](=O)[O-])c1. The van der Waals surface area contributed by atoms with E-state index in [2.05, 4.69) is 4.90 Å². The zero-order valence-electron chi connectivity index (χ0n) is 22.3. The van der Waals surface area contributed by atoms with Crippen LogP contribution in [0, 0.1) is 24.0 Å². The highest BCUT2D eigenvalue weighted by molar-refractivity contribution is 8.18. The van der Waals surface area contributed by atoms with Crippen molar-refractivity contribution in [3.8, 4) is 5.69 Å². The molecule has 2 aromatic carbocycles. The Labute approximate surface area is 232 Å². The highest BCUT2D eigenvalue weighted by atomic mass is 32.2. The summed E-state index contributed by atoms with van der Waals surface area (Å²) < 4.78 is 1.96. The molecule has 1 aromatic heterocycles. The van der Waals surface area contributed by atoms with Gasteiger partial charge < -0.3 is 9.47 Å². The molecule has 0 aliphatic carbocycles. The number of amides is 2. The largest absolute Gasteiger partial charge is 0.366 e. The smallest absolute Gasteiger partial charge is 0.294 e. The van der Waals surface area contributed by atoms with Crippen LogP contribution in [0.25, 0.3) is 11.8 Å². The van der Waals surface area contributed by atoms with E-state index in [1.807, 2.05) is 66.9 Å². The molecule has 3 heterocycles. The van der Waals surface area contributed by atoms with Gasteiger partial charge in [0.25, 0.3) is 16.8 Å². The van der Waals surface area contributed by atoms with Crippen molar-refractivity contribution in [3.63, 3.8) is 0 Å². The van der Waals surface area contributed by atoms with Gasteiger partial charge >= 0.3 is 0 Å². The van der Waals surface area contributed by atoms with Gasteiger partial charge in [0.2, 0.25) is 0 Å². The lowest BCUT2D eigenvalue weighted by molar-refractivity contribution is -0.384. The summed E-state index contributed by atoms with van der Waals surface area (Å²) in [4.78, 5) is 41.2. The third kappa shape index (κ3) is 5.63. The van der Waals surface area contributed by atoms with Crippen molar-refractivity contribution in [2.24, 2.45) is 0 Å². The molecule has 8 nitrogen and oxygen atoms in total. The number of thioether (sulfide) groups is 1. The summed E-state index contributed by atoms with van der Waals surface area (Å²) in [6.45, 7) is 5.89. The number of hydrogen-bond acceptors (Lipinski definition) is 6. The summed E-state index contributed by atoms with van der Waals surface area (Å²) >= 11 is 0.961. The highest BCUT2D eigenvalue weighted by Crippen LogP contribution is 2.36. The van der Waals surface area contributed by atoms with Gasteiger partial charge in [-0.05, 0) is 93.1 Å². The van der Waals surface area contributed by atoms with E-state index in [9.17, 15) is 19.7 Å². The molecule has 2 aliphatic rings. The van der Waals surface area contributed by atoms with Gasteiger partial charge in [-0.3, -0.25) is 24.6 Å². The molecule has 0 radical (unpaired) electrons. The first-order valence-corrected chi connectivity index (χ1v) is 14.2. The lowest BCUT2D eigenvalue weighted by atomic mass is 10.1. The first-order valence-electron chi connectivity index (χ1n) is 13.4. The Bertz CT molecular complexity index is 1440. The fourth-order valence-electron chi connectivity index (χ4n) is 5.45.